The van der Waals surface area contributed by atoms with E-state index < -0.39 is 0 Å². The fourth-order valence-electron chi connectivity index (χ4n) is 2.51. The van der Waals surface area contributed by atoms with Gasteiger partial charge in [-0.3, -0.25) is 0 Å². The lowest BCUT2D eigenvalue weighted by atomic mass is 10.2. The summed E-state index contributed by atoms with van der Waals surface area (Å²) in [6.07, 6.45) is 6.61. The summed E-state index contributed by atoms with van der Waals surface area (Å²) in [5.41, 5.74) is 1.39. The Morgan fingerprint density at radius 3 is 3.10 bits per heavy atom. The molecule has 2 heterocycles. The summed E-state index contributed by atoms with van der Waals surface area (Å²) in [5, 5.41) is 7.17. The number of aromatic nitrogens is 2. The molecule has 0 bridgehead atoms. The largest absolute Gasteiger partial charge is 0.329 e. The molecule has 1 aromatic carbocycles. The van der Waals surface area contributed by atoms with Crippen LogP contribution in [0.15, 0.2) is 42.0 Å². The van der Waals surface area contributed by atoms with E-state index >= 15 is 0 Å². The van der Waals surface area contributed by atoms with Crippen molar-refractivity contribution in [3.63, 3.8) is 0 Å². The number of benzene rings is 1. The Labute approximate surface area is 122 Å². The van der Waals surface area contributed by atoms with Crippen LogP contribution in [0.1, 0.15) is 24.2 Å². The summed E-state index contributed by atoms with van der Waals surface area (Å²) in [6.45, 7) is 1.78. The Hall–Kier alpha value is -1.65. The number of nitrogens with zero attached hydrogens (tertiary/aromatic N) is 2. The second-order valence-corrected chi connectivity index (χ2v) is 6.29. The highest BCUT2D eigenvalue weighted by atomic mass is 32.1. The number of thiophene rings is 1. The molecule has 102 valence electrons. The molecule has 0 amide bonds. The molecular formula is C16H17N3S. The molecule has 2 aromatic heterocycles. The lowest BCUT2D eigenvalue weighted by Crippen LogP contribution is -2.19. The molecule has 0 atom stereocenters. The first-order valence-electron chi connectivity index (χ1n) is 7.08. The highest BCUT2D eigenvalue weighted by molar-refractivity contribution is 7.17. The van der Waals surface area contributed by atoms with Gasteiger partial charge in [0.15, 0.2) is 0 Å². The molecule has 20 heavy (non-hydrogen) atoms. The smallest absolute Gasteiger partial charge is 0.122 e. The molecule has 0 aliphatic heterocycles. The Kier molecular flexibility index (Phi) is 3.05. The van der Waals surface area contributed by atoms with Crippen molar-refractivity contribution < 1.29 is 0 Å². The minimum Gasteiger partial charge on any atom is -0.329 e. The van der Waals surface area contributed by atoms with Crippen molar-refractivity contribution in [2.45, 2.75) is 32.0 Å². The summed E-state index contributed by atoms with van der Waals surface area (Å²) in [7, 11) is 0. The molecule has 1 aliphatic rings. The maximum Gasteiger partial charge on any atom is 0.122 e. The van der Waals surface area contributed by atoms with Gasteiger partial charge in [-0.25, -0.2) is 4.98 Å². The first-order chi connectivity index (χ1) is 9.90. The number of fused-ring (bicyclic) bond motifs is 1. The van der Waals surface area contributed by atoms with Crippen LogP contribution >= 0.6 is 11.3 Å². The van der Waals surface area contributed by atoms with Gasteiger partial charge in [0.1, 0.15) is 5.82 Å². The van der Waals surface area contributed by atoms with Gasteiger partial charge in [-0.05, 0) is 35.2 Å². The van der Waals surface area contributed by atoms with E-state index in [9.17, 15) is 0 Å². The van der Waals surface area contributed by atoms with Crippen molar-refractivity contribution in [3.8, 4) is 0 Å². The van der Waals surface area contributed by atoms with Gasteiger partial charge in [-0.15, -0.1) is 11.3 Å². The zero-order valence-corrected chi connectivity index (χ0v) is 12.1. The van der Waals surface area contributed by atoms with Crippen molar-refractivity contribution >= 4 is 21.4 Å². The van der Waals surface area contributed by atoms with Gasteiger partial charge in [0, 0.05) is 23.1 Å². The molecular weight excluding hydrogens is 266 g/mol. The Balaban J connectivity index is 1.57. The molecule has 3 aromatic rings. The van der Waals surface area contributed by atoms with Crippen molar-refractivity contribution in [3.05, 3.63) is 53.4 Å². The normalized spacial score (nSPS) is 15.0. The molecule has 4 heteroatoms. The van der Waals surface area contributed by atoms with Gasteiger partial charge in [0.2, 0.25) is 0 Å². The molecule has 0 spiro atoms. The van der Waals surface area contributed by atoms with Crippen LogP contribution in [0.25, 0.3) is 10.1 Å². The molecule has 0 radical (unpaired) electrons. The van der Waals surface area contributed by atoms with Crippen molar-refractivity contribution in [1.29, 1.82) is 0 Å². The third-order valence-corrected chi connectivity index (χ3v) is 4.84. The van der Waals surface area contributed by atoms with Gasteiger partial charge in [-0.1, -0.05) is 18.2 Å². The summed E-state index contributed by atoms with van der Waals surface area (Å²) in [5.74, 6) is 1.13. The lowest BCUT2D eigenvalue weighted by Gasteiger charge is -2.08. The average Bonchev–Trinajstić information content (AvgIpc) is 3.07. The van der Waals surface area contributed by atoms with Gasteiger partial charge in [-0.2, -0.15) is 0 Å². The average molecular weight is 283 g/mol. The maximum atomic E-state index is 4.48. The summed E-state index contributed by atoms with van der Waals surface area (Å²) in [6, 6.07) is 9.34. The number of hydrogen-bond acceptors (Lipinski definition) is 3. The van der Waals surface area contributed by atoms with E-state index in [1.165, 1.54) is 28.5 Å². The van der Waals surface area contributed by atoms with E-state index in [1.807, 2.05) is 17.5 Å². The third-order valence-electron chi connectivity index (χ3n) is 3.83. The summed E-state index contributed by atoms with van der Waals surface area (Å²) in [4.78, 5) is 4.48. The standard InChI is InChI=1S/C16H17N3S/c1-2-4-15-14(3-1)12(11-20-15)10-19-8-7-17-16(19)9-18-13-5-6-13/h1-4,7-8,11,13,18H,5-6,9-10H2. The van der Waals surface area contributed by atoms with Gasteiger partial charge >= 0.3 is 0 Å². The van der Waals surface area contributed by atoms with E-state index in [-0.39, 0.29) is 0 Å². The van der Waals surface area contributed by atoms with Crippen LogP contribution in [0, 0.1) is 0 Å². The summed E-state index contributed by atoms with van der Waals surface area (Å²) >= 11 is 1.82. The Morgan fingerprint density at radius 2 is 2.20 bits per heavy atom. The van der Waals surface area contributed by atoms with Crippen LogP contribution < -0.4 is 5.32 Å². The van der Waals surface area contributed by atoms with Crippen molar-refractivity contribution in [2.24, 2.45) is 0 Å². The van der Waals surface area contributed by atoms with Crippen LogP contribution in [0.2, 0.25) is 0 Å². The molecule has 3 nitrogen and oxygen atoms in total. The number of hydrogen-bond donors (Lipinski definition) is 1. The third kappa shape index (κ3) is 2.37. The van der Waals surface area contributed by atoms with Crippen LogP contribution in [-0.2, 0) is 13.1 Å². The van der Waals surface area contributed by atoms with Crippen LogP contribution in [0.4, 0.5) is 0 Å². The second-order valence-electron chi connectivity index (χ2n) is 5.38. The Morgan fingerprint density at radius 1 is 1.30 bits per heavy atom. The zero-order valence-electron chi connectivity index (χ0n) is 11.2. The maximum absolute atomic E-state index is 4.48. The van der Waals surface area contributed by atoms with Crippen molar-refractivity contribution in [2.75, 3.05) is 0 Å². The fourth-order valence-corrected chi connectivity index (χ4v) is 3.47. The van der Waals surface area contributed by atoms with Crippen LogP contribution in [0.3, 0.4) is 0 Å². The van der Waals surface area contributed by atoms with Crippen LogP contribution in [0.5, 0.6) is 0 Å². The fraction of sp³-hybridized carbons (Fsp3) is 0.312. The van der Waals surface area contributed by atoms with E-state index in [1.54, 1.807) is 0 Å². The zero-order chi connectivity index (χ0) is 13.4. The quantitative estimate of drug-likeness (QED) is 0.778. The first-order valence-corrected chi connectivity index (χ1v) is 7.96. The van der Waals surface area contributed by atoms with E-state index in [2.05, 4.69) is 50.7 Å². The molecule has 0 unspecified atom stereocenters. The summed E-state index contributed by atoms with van der Waals surface area (Å²) < 4.78 is 3.62. The molecule has 1 aliphatic carbocycles. The van der Waals surface area contributed by atoms with Gasteiger partial charge < -0.3 is 9.88 Å². The lowest BCUT2D eigenvalue weighted by molar-refractivity contribution is 0.619. The monoisotopic (exact) mass is 283 g/mol. The molecule has 1 saturated carbocycles. The highest BCUT2D eigenvalue weighted by Crippen LogP contribution is 2.26. The SMILES string of the molecule is c1ccc2c(Cn3ccnc3CNC3CC3)csc2c1. The van der Waals surface area contributed by atoms with E-state index in [0.29, 0.717) is 0 Å². The van der Waals surface area contributed by atoms with Crippen molar-refractivity contribution in [1.82, 2.24) is 14.9 Å². The number of rotatable bonds is 5. The molecule has 1 N–H and O–H groups in total. The van der Waals surface area contributed by atoms with Gasteiger partial charge in [0.25, 0.3) is 0 Å². The van der Waals surface area contributed by atoms with Crippen LogP contribution in [-0.4, -0.2) is 15.6 Å². The molecule has 0 saturated heterocycles. The minimum atomic E-state index is 0.724. The highest BCUT2D eigenvalue weighted by Gasteiger charge is 2.20. The molecule has 4 rings (SSSR count). The predicted molar refractivity (Wildman–Crippen MR) is 83.0 cm³/mol. The van der Waals surface area contributed by atoms with E-state index in [4.69, 9.17) is 0 Å². The topological polar surface area (TPSA) is 29.9 Å². The second kappa shape index (κ2) is 5.04. The Bertz CT molecular complexity index is 724. The van der Waals surface area contributed by atoms with Gasteiger partial charge in [0.05, 0.1) is 13.1 Å². The number of nitrogens with one attached hydrogen (secondary N) is 1. The van der Waals surface area contributed by atoms with E-state index in [0.717, 1.165) is 25.0 Å². The first kappa shape index (κ1) is 12.1. The minimum absolute atomic E-state index is 0.724. The predicted octanol–water partition coefficient (Wildman–Crippen LogP) is 3.40. The number of imidazole rings is 1. The molecule has 1 fully saturated rings.